The second-order valence-electron chi connectivity index (χ2n) is 2.07. The molecule has 0 fully saturated rings. The summed E-state index contributed by atoms with van der Waals surface area (Å²) in [5.41, 5.74) is 1.19. The molecule has 1 radical (unpaired) electrons. The first-order valence-electron chi connectivity index (χ1n) is 3.30. The van der Waals surface area contributed by atoms with Crippen molar-refractivity contribution in [3.63, 3.8) is 0 Å². The minimum absolute atomic E-state index is 0.797. The molecule has 0 heterocycles. The van der Waals surface area contributed by atoms with Crippen LogP contribution in [0.5, 0.6) is 0 Å². The summed E-state index contributed by atoms with van der Waals surface area (Å²) in [5, 5.41) is 0. The van der Waals surface area contributed by atoms with Gasteiger partial charge in [0.15, 0.2) is 0 Å². The van der Waals surface area contributed by atoms with Gasteiger partial charge in [-0.2, -0.15) is 0 Å². The molecule has 0 unspecified atom stereocenters. The van der Waals surface area contributed by atoms with Crippen molar-refractivity contribution in [2.24, 2.45) is 0 Å². The van der Waals surface area contributed by atoms with E-state index in [1.165, 1.54) is 5.57 Å². The first-order valence-corrected chi connectivity index (χ1v) is 3.94. The van der Waals surface area contributed by atoms with Gasteiger partial charge in [0, 0.05) is 0 Å². The molecular formula is C9H9CrO. The van der Waals surface area contributed by atoms with Gasteiger partial charge < -0.3 is 0 Å². The Balaban J connectivity index is 2.47. The quantitative estimate of drug-likeness (QED) is 0.648. The molecule has 1 rings (SSSR count). The molecule has 2 heteroatoms. The van der Waals surface area contributed by atoms with Crippen LogP contribution in [-0.2, 0) is 20.6 Å². The maximum atomic E-state index is 4.92. The van der Waals surface area contributed by atoms with Gasteiger partial charge in [-0.15, -0.1) is 0 Å². The SMILES string of the molecule is CO[C](=[Cr])/C=C/C1=C[CH]C=C1. The molecule has 0 atom stereocenters. The summed E-state index contributed by atoms with van der Waals surface area (Å²) < 4.78 is 5.72. The van der Waals surface area contributed by atoms with E-state index < -0.39 is 0 Å². The predicted octanol–water partition coefficient (Wildman–Crippen LogP) is 1.57. The van der Waals surface area contributed by atoms with E-state index in [-0.39, 0.29) is 0 Å². The van der Waals surface area contributed by atoms with Gasteiger partial charge in [-0.25, -0.2) is 0 Å². The van der Waals surface area contributed by atoms with Crippen LogP contribution >= 0.6 is 0 Å². The summed E-state index contributed by atoms with van der Waals surface area (Å²) >= 11 is 2.80. The van der Waals surface area contributed by atoms with Gasteiger partial charge in [0.2, 0.25) is 0 Å². The van der Waals surface area contributed by atoms with Crippen molar-refractivity contribution >= 4 is 4.57 Å². The Hall–Kier alpha value is -0.418. The zero-order valence-electron chi connectivity index (χ0n) is 6.28. The normalized spacial score (nSPS) is 15.9. The third-order valence-corrected chi connectivity index (χ3v) is 1.77. The van der Waals surface area contributed by atoms with Crippen LogP contribution in [0.3, 0.4) is 0 Å². The molecule has 1 aliphatic carbocycles. The van der Waals surface area contributed by atoms with Crippen molar-refractivity contribution in [1.82, 2.24) is 0 Å². The monoisotopic (exact) mass is 185 g/mol. The second kappa shape index (κ2) is 4.46. The van der Waals surface area contributed by atoms with Gasteiger partial charge in [-0.1, -0.05) is 0 Å². The summed E-state index contributed by atoms with van der Waals surface area (Å²) in [4.78, 5) is 0. The summed E-state index contributed by atoms with van der Waals surface area (Å²) in [6, 6.07) is 0. The van der Waals surface area contributed by atoms with Crippen molar-refractivity contribution in [3.05, 3.63) is 42.4 Å². The third-order valence-electron chi connectivity index (χ3n) is 1.30. The fourth-order valence-electron chi connectivity index (χ4n) is 0.732. The maximum absolute atomic E-state index is 4.92. The van der Waals surface area contributed by atoms with Crippen molar-refractivity contribution in [1.29, 1.82) is 0 Å². The Labute approximate surface area is 75.0 Å². The average molecular weight is 185 g/mol. The molecule has 0 aromatic rings. The predicted molar refractivity (Wildman–Crippen MR) is 42.7 cm³/mol. The summed E-state index contributed by atoms with van der Waals surface area (Å²) in [7, 11) is 1.64. The molecule has 0 saturated carbocycles. The molecule has 0 saturated heterocycles. The number of allylic oxidation sites excluding steroid dienone is 5. The van der Waals surface area contributed by atoms with Gasteiger partial charge in [0.1, 0.15) is 0 Å². The van der Waals surface area contributed by atoms with E-state index in [4.69, 9.17) is 4.74 Å². The molecule has 0 amide bonds. The summed E-state index contributed by atoms with van der Waals surface area (Å²) in [6.07, 6.45) is 12.0. The summed E-state index contributed by atoms with van der Waals surface area (Å²) in [6.45, 7) is 0. The van der Waals surface area contributed by atoms with E-state index in [0.29, 0.717) is 0 Å². The number of hydrogen-bond acceptors (Lipinski definition) is 1. The van der Waals surface area contributed by atoms with Crippen LogP contribution in [0.4, 0.5) is 0 Å². The van der Waals surface area contributed by atoms with Crippen LogP contribution in [0, 0.1) is 6.42 Å². The zero-order chi connectivity index (χ0) is 8.10. The first kappa shape index (κ1) is 8.68. The van der Waals surface area contributed by atoms with Crippen LogP contribution < -0.4 is 0 Å². The molecule has 0 aromatic heterocycles. The number of rotatable bonds is 3. The Morgan fingerprint density at radius 1 is 1.64 bits per heavy atom. The minimum atomic E-state index is 0.797. The standard InChI is InChI=1S/C9H9O.Cr/c1-10-8-4-7-9-5-2-3-6-9;/h2-7H,1H3;/b7-4+;. The van der Waals surface area contributed by atoms with E-state index >= 15 is 0 Å². The van der Waals surface area contributed by atoms with E-state index in [1.807, 2.05) is 36.8 Å². The number of ether oxygens (including phenoxy) is 1. The first-order chi connectivity index (χ1) is 5.33. The molecule has 1 nitrogen and oxygen atoms in total. The Kier molecular flexibility index (Phi) is 3.52. The molecule has 0 N–H and O–H groups in total. The molecule has 0 aromatic carbocycles. The average Bonchev–Trinajstić information content (AvgIpc) is 2.52. The van der Waals surface area contributed by atoms with E-state index in [1.54, 1.807) is 7.11 Å². The van der Waals surface area contributed by atoms with Gasteiger partial charge in [0.25, 0.3) is 0 Å². The molecule has 0 spiro atoms. The molecule has 1 aliphatic rings. The van der Waals surface area contributed by atoms with Crippen LogP contribution in [0.1, 0.15) is 0 Å². The molecule has 0 bridgehead atoms. The van der Waals surface area contributed by atoms with Gasteiger partial charge in [-0.3, -0.25) is 0 Å². The van der Waals surface area contributed by atoms with E-state index in [0.717, 1.165) is 4.57 Å². The second-order valence-corrected chi connectivity index (χ2v) is 2.70. The Morgan fingerprint density at radius 2 is 2.45 bits per heavy atom. The number of methoxy groups -OCH3 is 1. The zero-order valence-corrected chi connectivity index (χ0v) is 7.56. The van der Waals surface area contributed by atoms with Crippen molar-refractivity contribution < 1.29 is 20.6 Å². The third kappa shape index (κ3) is 2.99. The van der Waals surface area contributed by atoms with E-state index in [9.17, 15) is 0 Å². The van der Waals surface area contributed by atoms with Crippen molar-refractivity contribution in [2.45, 2.75) is 0 Å². The summed E-state index contributed by atoms with van der Waals surface area (Å²) in [5.74, 6) is 0. The molecule has 0 aliphatic heterocycles. The van der Waals surface area contributed by atoms with Crippen molar-refractivity contribution in [3.8, 4) is 0 Å². The van der Waals surface area contributed by atoms with Crippen molar-refractivity contribution in [2.75, 3.05) is 7.11 Å². The molecular weight excluding hydrogens is 176 g/mol. The van der Waals surface area contributed by atoms with Gasteiger partial charge >= 0.3 is 74.6 Å². The molecule has 11 heavy (non-hydrogen) atoms. The number of hydrogen-bond donors (Lipinski definition) is 0. The van der Waals surface area contributed by atoms with Gasteiger partial charge in [0.05, 0.1) is 0 Å². The Bertz CT molecular complexity index is 236. The van der Waals surface area contributed by atoms with Crippen LogP contribution in [0.15, 0.2) is 36.0 Å². The van der Waals surface area contributed by atoms with Crippen LogP contribution in [-0.4, -0.2) is 11.7 Å². The Morgan fingerprint density at radius 3 is 3.00 bits per heavy atom. The molecule has 57 valence electrons. The fourth-order valence-corrected chi connectivity index (χ4v) is 0.839. The van der Waals surface area contributed by atoms with Crippen LogP contribution in [0.2, 0.25) is 0 Å². The topological polar surface area (TPSA) is 9.23 Å². The van der Waals surface area contributed by atoms with Crippen LogP contribution in [0.25, 0.3) is 0 Å². The van der Waals surface area contributed by atoms with Gasteiger partial charge in [-0.05, 0) is 0 Å². The fraction of sp³-hybridized carbons (Fsp3) is 0.111. The van der Waals surface area contributed by atoms with E-state index in [2.05, 4.69) is 15.9 Å².